The van der Waals surface area contributed by atoms with Crippen molar-refractivity contribution in [3.63, 3.8) is 0 Å². The van der Waals surface area contributed by atoms with Gasteiger partial charge in [0.15, 0.2) is 0 Å². The van der Waals surface area contributed by atoms with E-state index in [0.717, 1.165) is 24.1 Å². The number of benzene rings is 1. The van der Waals surface area contributed by atoms with E-state index in [1.54, 1.807) is 0 Å². The number of aryl methyl sites for hydroxylation is 1. The van der Waals surface area contributed by atoms with Crippen molar-refractivity contribution in [1.82, 2.24) is 0 Å². The quantitative estimate of drug-likeness (QED) is 0.813. The molecule has 0 saturated carbocycles. The van der Waals surface area contributed by atoms with E-state index < -0.39 is 0 Å². The second kappa shape index (κ2) is 4.26. The fourth-order valence-corrected chi connectivity index (χ4v) is 2.28. The number of carbonyl (C=O) groups is 1. The number of anilines is 1. The van der Waals surface area contributed by atoms with Gasteiger partial charge in [0.2, 0.25) is 5.91 Å². The van der Waals surface area contributed by atoms with E-state index in [2.05, 4.69) is 25.2 Å². The molecule has 3 heteroatoms. The molecule has 0 fully saturated rings. The van der Waals surface area contributed by atoms with Gasteiger partial charge < -0.3 is 10.4 Å². The highest BCUT2D eigenvalue weighted by Gasteiger charge is 2.22. The van der Waals surface area contributed by atoms with Gasteiger partial charge in [0, 0.05) is 12.3 Å². The molecule has 0 saturated heterocycles. The van der Waals surface area contributed by atoms with Crippen molar-refractivity contribution in [2.75, 3.05) is 11.9 Å². The minimum Gasteiger partial charge on any atom is -0.396 e. The fraction of sp³-hybridized carbons (Fsp3) is 0.462. The van der Waals surface area contributed by atoms with Gasteiger partial charge in [-0.15, -0.1) is 0 Å². The second-order valence-corrected chi connectivity index (χ2v) is 4.38. The number of fused-ring (bicyclic) bond motifs is 1. The second-order valence-electron chi connectivity index (χ2n) is 4.38. The lowest BCUT2D eigenvalue weighted by Crippen LogP contribution is -2.06. The van der Waals surface area contributed by atoms with Crippen LogP contribution < -0.4 is 5.32 Å². The number of nitrogens with one attached hydrogen (secondary N) is 1. The molecular formula is C13H17NO2. The Morgan fingerprint density at radius 3 is 2.88 bits per heavy atom. The van der Waals surface area contributed by atoms with E-state index in [4.69, 9.17) is 5.11 Å². The van der Waals surface area contributed by atoms with Gasteiger partial charge in [-0.2, -0.15) is 0 Å². The smallest absolute Gasteiger partial charge is 0.228 e. The van der Waals surface area contributed by atoms with Gasteiger partial charge in [0.1, 0.15) is 0 Å². The molecule has 3 nitrogen and oxygen atoms in total. The Morgan fingerprint density at radius 1 is 1.44 bits per heavy atom. The molecule has 1 aromatic carbocycles. The van der Waals surface area contributed by atoms with Crippen molar-refractivity contribution in [3.8, 4) is 0 Å². The standard InChI is InChI=1S/C13H17NO2/c1-8-6-10-7-12(16)14-13(10)11(9(8)2)4-3-5-15/h6,15H,3-5,7H2,1-2H3,(H,14,16). The highest BCUT2D eigenvalue weighted by molar-refractivity contribution is 6.00. The van der Waals surface area contributed by atoms with Crippen LogP contribution in [-0.4, -0.2) is 17.6 Å². The molecule has 0 aromatic heterocycles. The Balaban J connectivity index is 2.45. The molecule has 1 aliphatic heterocycles. The first-order chi connectivity index (χ1) is 7.63. The van der Waals surface area contributed by atoms with Crippen LogP contribution in [0.2, 0.25) is 0 Å². The first-order valence-corrected chi connectivity index (χ1v) is 5.66. The molecule has 0 atom stereocenters. The monoisotopic (exact) mass is 219 g/mol. The van der Waals surface area contributed by atoms with E-state index in [9.17, 15) is 4.79 Å². The third-order valence-corrected chi connectivity index (χ3v) is 3.26. The van der Waals surface area contributed by atoms with Crippen LogP contribution in [0.5, 0.6) is 0 Å². The van der Waals surface area contributed by atoms with E-state index >= 15 is 0 Å². The normalized spacial score (nSPS) is 13.8. The molecule has 1 aromatic rings. The maximum absolute atomic E-state index is 11.4. The number of rotatable bonds is 3. The molecule has 1 aliphatic rings. The maximum atomic E-state index is 11.4. The summed E-state index contributed by atoms with van der Waals surface area (Å²) in [4.78, 5) is 11.4. The maximum Gasteiger partial charge on any atom is 0.228 e. The van der Waals surface area contributed by atoms with Crippen LogP contribution in [-0.2, 0) is 17.6 Å². The zero-order valence-electron chi connectivity index (χ0n) is 9.76. The van der Waals surface area contributed by atoms with E-state index in [1.807, 2.05) is 0 Å². The lowest BCUT2D eigenvalue weighted by Gasteiger charge is -2.14. The lowest BCUT2D eigenvalue weighted by atomic mass is 9.94. The third kappa shape index (κ3) is 1.83. The van der Waals surface area contributed by atoms with Gasteiger partial charge in [-0.1, -0.05) is 6.07 Å². The van der Waals surface area contributed by atoms with Crippen molar-refractivity contribution < 1.29 is 9.90 Å². The largest absolute Gasteiger partial charge is 0.396 e. The fourth-order valence-electron chi connectivity index (χ4n) is 2.28. The molecule has 1 heterocycles. The summed E-state index contributed by atoms with van der Waals surface area (Å²) in [5.41, 5.74) is 5.73. The summed E-state index contributed by atoms with van der Waals surface area (Å²) in [5.74, 6) is 0.0743. The average molecular weight is 219 g/mol. The zero-order valence-corrected chi connectivity index (χ0v) is 9.76. The predicted molar refractivity (Wildman–Crippen MR) is 63.7 cm³/mol. The highest BCUT2D eigenvalue weighted by atomic mass is 16.2. The highest BCUT2D eigenvalue weighted by Crippen LogP contribution is 2.32. The van der Waals surface area contributed by atoms with Crippen LogP contribution in [0.3, 0.4) is 0 Å². The number of aliphatic hydroxyl groups excluding tert-OH is 1. The summed E-state index contributed by atoms with van der Waals surface area (Å²) < 4.78 is 0. The van der Waals surface area contributed by atoms with Crippen molar-refractivity contribution in [2.24, 2.45) is 0 Å². The Kier molecular flexibility index (Phi) is 2.97. The molecule has 2 N–H and O–H groups in total. The minimum atomic E-state index is 0.0743. The summed E-state index contributed by atoms with van der Waals surface area (Å²) >= 11 is 0. The first kappa shape index (κ1) is 11.1. The van der Waals surface area contributed by atoms with Crippen molar-refractivity contribution in [1.29, 1.82) is 0 Å². The van der Waals surface area contributed by atoms with Crippen LogP contribution in [0.25, 0.3) is 0 Å². The van der Waals surface area contributed by atoms with Crippen LogP contribution in [0.15, 0.2) is 6.07 Å². The van der Waals surface area contributed by atoms with Gasteiger partial charge >= 0.3 is 0 Å². The number of carbonyl (C=O) groups excluding carboxylic acids is 1. The van der Waals surface area contributed by atoms with Gasteiger partial charge in [-0.25, -0.2) is 0 Å². The van der Waals surface area contributed by atoms with Crippen LogP contribution in [0, 0.1) is 13.8 Å². The predicted octanol–water partition coefficient (Wildman–Crippen LogP) is 1.72. The Bertz CT molecular complexity index is 438. The summed E-state index contributed by atoms with van der Waals surface area (Å²) in [7, 11) is 0. The number of aliphatic hydroxyl groups is 1. The van der Waals surface area contributed by atoms with E-state index in [0.29, 0.717) is 6.42 Å². The first-order valence-electron chi connectivity index (χ1n) is 5.66. The molecule has 0 radical (unpaired) electrons. The third-order valence-electron chi connectivity index (χ3n) is 3.26. The van der Waals surface area contributed by atoms with E-state index in [-0.39, 0.29) is 12.5 Å². The Morgan fingerprint density at radius 2 is 2.19 bits per heavy atom. The van der Waals surface area contributed by atoms with Gasteiger partial charge in [-0.3, -0.25) is 4.79 Å². The number of amides is 1. The van der Waals surface area contributed by atoms with Crippen molar-refractivity contribution in [3.05, 3.63) is 28.3 Å². The van der Waals surface area contributed by atoms with Crippen molar-refractivity contribution >= 4 is 11.6 Å². The minimum absolute atomic E-state index is 0.0743. The number of hydrogen-bond donors (Lipinski definition) is 2. The van der Waals surface area contributed by atoms with Crippen LogP contribution in [0.1, 0.15) is 28.7 Å². The summed E-state index contributed by atoms with van der Waals surface area (Å²) in [5, 5.41) is 11.8. The lowest BCUT2D eigenvalue weighted by molar-refractivity contribution is -0.115. The van der Waals surface area contributed by atoms with Crippen LogP contribution in [0.4, 0.5) is 5.69 Å². The molecular weight excluding hydrogens is 202 g/mol. The molecule has 0 aliphatic carbocycles. The summed E-state index contributed by atoms with van der Waals surface area (Å²) in [6.45, 7) is 4.34. The zero-order chi connectivity index (χ0) is 11.7. The van der Waals surface area contributed by atoms with Gasteiger partial charge in [0.05, 0.1) is 6.42 Å². The van der Waals surface area contributed by atoms with Crippen LogP contribution >= 0.6 is 0 Å². The molecule has 1 amide bonds. The Hall–Kier alpha value is -1.35. The van der Waals surface area contributed by atoms with Crippen molar-refractivity contribution in [2.45, 2.75) is 33.1 Å². The molecule has 2 rings (SSSR count). The molecule has 16 heavy (non-hydrogen) atoms. The SMILES string of the molecule is Cc1cc2c(c(CCCO)c1C)NC(=O)C2. The molecule has 86 valence electrons. The van der Waals surface area contributed by atoms with Gasteiger partial charge in [0.25, 0.3) is 0 Å². The summed E-state index contributed by atoms with van der Waals surface area (Å²) in [6, 6.07) is 2.09. The number of hydrogen-bond acceptors (Lipinski definition) is 2. The van der Waals surface area contributed by atoms with E-state index in [1.165, 1.54) is 16.7 Å². The average Bonchev–Trinajstić information content (AvgIpc) is 2.59. The Labute approximate surface area is 95.5 Å². The molecule has 0 unspecified atom stereocenters. The van der Waals surface area contributed by atoms with Gasteiger partial charge in [-0.05, 0) is 48.9 Å². The topological polar surface area (TPSA) is 49.3 Å². The molecule has 0 bridgehead atoms. The summed E-state index contributed by atoms with van der Waals surface area (Å²) in [6.07, 6.45) is 2.06. The molecule has 0 spiro atoms.